The number of thiazole rings is 1. The van der Waals surface area contributed by atoms with Crippen LogP contribution in [0.1, 0.15) is 34.2 Å². The van der Waals surface area contributed by atoms with Crippen molar-refractivity contribution in [3.63, 3.8) is 0 Å². The van der Waals surface area contributed by atoms with Crippen LogP contribution in [0.2, 0.25) is 0 Å². The highest BCUT2D eigenvalue weighted by molar-refractivity contribution is 7.15. The number of nitrogens with zero attached hydrogens (tertiary/aromatic N) is 5. The number of hydrogen-bond acceptors (Lipinski definition) is 8. The van der Waals surface area contributed by atoms with E-state index in [1.807, 2.05) is 37.4 Å². The van der Waals surface area contributed by atoms with Gasteiger partial charge in [-0.25, -0.2) is 15.0 Å². The summed E-state index contributed by atoms with van der Waals surface area (Å²) in [5.74, 6) is -0.253. The Morgan fingerprint density at radius 3 is 2.78 bits per heavy atom. The van der Waals surface area contributed by atoms with Gasteiger partial charge in [0.15, 0.2) is 10.9 Å². The molecule has 1 saturated heterocycles. The van der Waals surface area contributed by atoms with E-state index in [4.69, 9.17) is 4.84 Å². The zero-order chi connectivity index (χ0) is 22.3. The molecule has 5 rings (SSSR count). The highest BCUT2D eigenvalue weighted by atomic mass is 32.1. The highest BCUT2D eigenvalue weighted by Gasteiger charge is 2.40. The van der Waals surface area contributed by atoms with Crippen molar-refractivity contribution in [2.45, 2.75) is 31.6 Å². The fraction of sp³-hybridized carbons (Fsp3) is 0.381. The molecule has 1 fully saturated rings. The molecule has 1 N–H and O–H groups in total. The van der Waals surface area contributed by atoms with Gasteiger partial charge in [0.25, 0.3) is 0 Å². The lowest BCUT2D eigenvalue weighted by atomic mass is 10.0. The first-order valence-corrected chi connectivity index (χ1v) is 11.1. The van der Waals surface area contributed by atoms with Gasteiger partial charge in [0, 0.05) is 37.0 Å². The summed E-state index contributed by atoms with van der Waals surface area (Å²) >= 11 is 1.47. The van der Waals surface area contributed by atoms with Crippen LogP contribution in [0, 0.1) is 0 Å². The van der Waals surface area contributed by atoms with Crippen molar-refractivity contribution < 1.29 is 18.0 Å². The van der Waals surface area contributed by atoms with Crippen LogP contribution in [0.15, 0.2) is 36.5 Å². The van der Waals surface area contributed by atoms with Gasteiger partial charge in [0.05, 0.1) is 18.3 Å². The lowest BCUT2D eigenvalue weighted by Gasteiger charge is -2.26. The van der Waals surface area contributed by atoms with Crippen LogP contribution in [0.5, 0.6) is 0 Å². The number of hydroxylamine groups is 1. The van der Waals surface area contributed by atoms with Crippen LogP contribution in [0.3, 0.4) is 0 Å². The summed E-state index contributed by atoms with van der Waals surface area (Å²) in [5, 5.41) is 4.81. The van der Waals surface area contributed by atoms with Crippen LogP contribution >= 0.6 is 11.3 Å². The Bertz CT molecular complexity index is 1110. The standard InChI is InChI=1S/C21H21F3N6OS/c1-29-9-7-15-17(12-29)32-20(26-15)28-19-25-11-14(21(22,23)24)18(27-19)30-16(8-10-31-30)13-5-3-2-4-6-13/h2-6,11,16H,7-10,12H2,1H3,(H,25,26,27,28)/t16-/m0/s1. The smallest absolute Gasteiger partial charge is 0.301 e. The van der Waals surface area contributed by atoms with E-state index < -0.39 is 11.7 Å². The highest BCUT2D eigenvalue weighted by Crippen LogP contribution is 2.41. The topological polar surface area (TPSA) is 66.4 Å². The lowest BCUT2D eigenvalue weighted by molar-refractivity contribution is -0.138. The molecule has 0 amide bonds. The van der Waals surface area contributed by atoms with E-state index in [1.165, 1.54) is 16.4 Å². The van der Waals surface area contributed by atoms with Crippen LogP contribution in [0.4, 0.5) is 30.1 Å². The Balaban J connectivity index is 1.48. The second kappa shape index (κ2) is 8.30. The maximum Gasteiger partial charge on any atom is 0.421 e. The number of likely N-dealkylation sites (N-methyl/N-ethyl adjacent to an activating group) is 1. The van der Waals surface area contributed by atoms with Gasteiger partial charge in [0.2, 0.25) is 5.95 Å². The molecule has 11 heteroatoms. The van der Waals surface area contributed by atoms with E-state index in [9.17, 15) is 13.2 Å². The molecule has 32 heavy (non-hydrogen) atoms. The molecule has 0 bridgehead atoms. The minimum atomic E-state index is -4.62. The third-order valence-corrected chi connectivity index (χ3v) is 6.51. The maximum absolute atomic E-state index is 13.8. The minimum Gasteiger partial charge on any atom is -0.301 e. The first-order chi connectivity index (χ1) is 15.4. The van der Waals surface area contributed by atoms with Crippen LogP contribution in [0.25, 0.3) is 0 Å². The summed E-state index contributed by atoms with van der Waals surface area (Å²) in [6, 6.07) is 8.94. The van der Waals surface area contributed by atoms with Gasteiger partial charge >= 0.3 is 6.18 Å². The van der Waals surface area contributed by atoms with Crippen LogP contribution < -0.4 is 10.4 Å². The fourth-order valence-corrected chi connectivity index (χ4v) is 5.01. The number of nitrogens with one attached hydrogen (secondary N) is 1. The molecule has 3 aromatic rings. The average Bonchev–Trinajstić information content (AvgIpc) is 3.40. The molecule has 4 heterocycles. The summed E-state index contributed by atoms with van der Waals surface area (Å²) < 4.78 is 41.4. The lowest BCUT2D eigenvalue weighted by Crippen LogP contribution is -2.26. The maximum atomic E-state index is 13.8. The molecule has 0 aliphatic carbocycles. The van der Waals surface area contributed by atoms with Gasteiger partial charge < -0.3 is 4.90 Å². The van der Waals surface area contributed by atoms with Gasteiger partial charge in [-0.2, -0.15) is 18.2 Å². The third kappa shape index (κ3) is 4.15. The number of anilines is 3. The van der Waals surface area contributed by atoms with Crippen molar-refractivity contribution >= 4 is 28.2 Å². The Morgan fingerprint density at radius 2 is 2.00 bits per heavy atom. The van der Waals surface area contributed by atoms with Crippen molar-refractivity contribution in [2.24, 2.45) is 0 Å². The second-order valence-electron chi connectivity index (χ2n) is 7.80. The second-order valence-corrected chi connectivity index (χ2v) is 8.89. The molecule has 7 nitrogen and oxygen atoms in total. The fourth-order valence-electron chi connectivity index (χ4n) is 3.93. The predicted octanol–water partition coefficient (Wildman–Crippen LogP) is 4.57. The van der Waals surface area contributed by atoms with E-state index in [0.717, 1.165) is 41.8 Å². The number of aromatic nitrogens is 3. The molecule has 1 aromatic carbocycles. The number of alkyl halides is 3. The largest absolute Gasteiger partial charge is 0.421 e. The molecule has 0 radical (unpaired) electrons. The zero-order valence-corrected chi connectivity index (χ0v) is 18.1. The molecular formula is C21H21F3N6OS. The quantitative estimate of drug-likeness (QED) is 0.609. The van der Waals surface area contributed by atoms with Crippen molar-refractivity contribution in [2.75, 3.05) is 30.6 Å². The molecule has 0 saturated carbocycles. The summed E-state index contributed by atoms with van der Waals surface area (Å²) in [5.41, 5.74) is 0.934. The molecule has 2 aliphatic rings. The molecular weight excluding hydrogens is 441 g/mol. The summed E-state index contributed by atoms with van der Waals surface area (Å²) in [6.07, 6.45) is -2.42. The van der Waals surface area contributed by atoms with Crippen LogP contribution in [-0.2, 0) is 24.0 Å². The normalized spacial score (nSPS) is 19.2. The molecule has 1 atom stereocenters. The minimum absolute atomic E-state index is 0.0507. The van der Waals surface area contributed by atoms with E-state index in [1.54, 1.807) is 0 Å². The number of benzene rings is 1. The number of hydrogen-bond donors (Lipinski definition) is 1. The van der Waals surface area contributed by atoms with Gasteiger partial charge in [-0.1, -0.05) is 30.3 Å². The molecule has 2 aromatic heterocycles. The monoisotopic (exact) mass is 462 g/mol. The SMILES string of the molecule is CN1CCc2nc(Nc3ncc(C(F)(F)F)c(N4OCC[C@H]4c4ccccc4)n3)sc2C1. The van der Waals surface area contributed by atoms with Gasteiger partial charge in [-0.05, 0) is 12.6 Å². The van der Waals surface area contributed by atoms with E-state index in [0.29, 0.717) is 18.2 Å². The molecule has 168 valence electrons. The van der Waals surface area contributed by atoms with Gasteiger partial charge in [-0.15, -0.1) is 11.3 Å². The first-order valence-electron chi connectivity index (χ1n) is 10.2. The first kappa shape index (κ1) is 21.1. The van der Waals surface area contributed by atoms with E-state index >= 15 is 0 Å². The number of fused-ring (bicyclic) bond motifs is 1. The molecule has 0 spiro atoms. The van der Waals surface area contributed by atoms with E-state index in [2.05, 4.69) is 25.2 Å². The van der Waals surface area contributed by atoms with Gasteiger partial charge in [-0.3, -0.25) is 10.2 Å². The predicted molar refractivity (Wildman–Crippen MR) is 115 cm³/mol. The number of halogens is 3. The van der Waals surface area contributed by atoms with Crippen molar-refractivity contribution in [3.05, 3.63) is 58.2 Å². The average molecular weight is 463 g/mol. The Hall–Kier alpha value is -2.76. The Morgan fingerprint density at radius 1 is 1.19 bits per heavy atom. The summed E-state index contributed by atoms with van der Waals surface area (Å²) in [7, 11) is 2.04. The summed E-state index contributed by atoms with van der Waals surface area (Å²) in [4.78, 5) is 21.7. The van der Waals surface area contributed by atoms with Gasteiger partial charge in [0.1, 0.15) is 5.56 Å². The van der Waals surface area contributed by atoms with E-state index in [-0.39, 0.29) is 17.8 Å². The van der Waals surface area contributed by atoms with Crippen molar-refractivity contribution in [3.8, 4) is 0 Å². The third-order valence-electron chi connectivity index (χ3n) is 5.51. The zero-order valence-electron chi connectivity index (χ0n) is 17.3. The number of rotatable bonds is 4. The Kier molecular flexibility index (Phi) is 5.48. The molecule has 2 aliphatic heterocycles. The van der Waals surface area contributed by atoms with Crippen molar-refractivity contribution in [1.82, 2.24) is 19.9 Å². The molecule has 0 unspecified atom stereocenters. The summed E-state index contributed by atoms with van der Waals surface area (Å²) in [6.45, 7) is 2.02. The van der Waals surface area contributed by atoms with Crippen LogP contribution in [-0.4, -0.2) is 40.1 Å². The van der Waals surface area contributed by atoms with Crippen molar-refractivity contribution in [1.29, 1.82) is 0 Å². The Labute approximate surface area is 186 Å².